The highest BCUT2D eigenvalue weighted by molar-refractivity contribution is 8.19. The van der Waals surface area contributed by atoms with E-state index >= 15 is 0 Å². The molecule has 3 aromatic carbocycles. The fourth-order valence-corrected chi connectivity index (χ4v) is 3.98. The molecule has 3 nitrogen and oxygen atoms in total. The molecule has 0 spiro atoms. The average Bonchev–Trinajstić information content (AvgIpc) is 3.03. The second kappa shape index (κ2) is 8.20. The topological polar surface area (TPSA) is 32.7 Å². The average molecular weight is 424 g/mol. The number of alkyl halides is 3. The van der Waals surface area contributed by atoms with Crippen molar-refractivity contribution in [2.45, 2.75) is 6.18 Å². The molecule has 0 bridgehead atoms. The molecule has 7 heteroatoms. The van der Waals surface area contributed by atoms with Crippen LogP contribution in [0.15, 0.2) is 94.8 Å². The molecule has 30 heavy (non-hydrogen) atoms. The Balaban J connectivity index is 1.80. The lowest BCUT2D eigenvalue weighted by Crippen LogP contribution is -2.28. The molecule has 0 aliphatic carbocycles. The summed E-state index contributed by atoms with van der Waals surface area (Å²) in [7, 11) is 0. The van der Waals surface area contributed by atoms with Crippen LogP contribution in [0.2, 0.25) is 0 Å². The van der Waals surface area contributed by atoms with Gasteiger partial charge in [0.05, 0.1) is 21.8 Å². The lowest BCUT2D eigenvalue weighted by molar-refractivity contribution is -0.137. The number of carbonyl (C=O) groups excluding carboxylic acids is 1. The van der Waals surface area contributed by atoms with E-state index in [9.17, 15) is 18.0 Å². The van der Waals surface area contributed by atoms with E-state index in [1.807, 2.05) is 24.3 Å². The van der Waals surface area contributed by atoms with Crippen molar-refractivity contribution in [1.29, 1.82) is 0 Å². The van der Waals surface area contributed by atoms with Crippen LogP contribution in [0, 0.1) is 0 Å². The quantitative estimate of drug-likeness (QED) is 0.449. The van der Waals surface area contributed by atoms with Crippen molar-refractivity contribution in [2.75, 3.05) is 4.90 Å². The number of thioether (sulfide) groups is 1. The minimum absolute atomic E-state index is 0.0603. The highest BCUT2D eigenvalue weighted by Gasteiger charge is 2.36. The van der Waals surface area contributed by atoms with Crippen LogP contribution in [0.4, 0.5) is 24.5 Å². The Hall–Kier alpha value is -3.32. The van der Waals surface area contributed by atoms with E-state index in [0.717, 1.165) is 17.8 Å². The summed E-state index contributed by atoms with van der Waals surface area (Å²) in [5, 5.41) is 0.383. The smallest absolute Gasteiger partial charge is 0.268 e. The molecule has 3 aromatic rings. The van der Waals surface area contributed by atoms with E-state index in [4.69, 9.17) is 0 Å². The number of amidine groups is 1. The number of rotatable bonds is 3. The molecule has 150 valence electrons. The Morgan fingerprint density at radius 1 is 0.833 bits per heavy atom. The van der Waals surface area contributed by atoms with E-state index in [1.165, 1.54) is 29.2 Å². The Morgan fingerprint density at radius 2 is 1.43 bits per heavy atom. The van der Waals surface area contributed by atoms with Crippen molar-refractivity contribution in [2.24, 2.45) is 4.99 Å². The van der Waals surface area contributed by atoms with Crippen LogP contribution >= 0.6 is 11.8 Å². The van der Waals surface area contributed by atoms with E-state index in [2.05, 4.69) is 4.99 Å². The molecular weight excluding hydrogens is 409 g/mol. The van der Waals surface area contributed by atoms with Gasteiger partial charge in [-0.1, -0.05) is 54.6 Å². The first-order chi connectivity index (χ1) is 14.4. The number of hydrogen-bond acceptors (Lipinski definition) is 3. The number of carbonyl (C=O) groups is 1. The molecular formula is C23H15F3N2OS. The molecule has 1 saturated heterocycles. The van der Waals surface area contributed by atoms with Crippen molar-refractivity contribution in [3.05, 3.63) is 101 Å². The van der Waals surface area contributed by atoms with Gasteiger partial charge in [0, 0.05) is 0 Å². The summed E-state index contributed by atoms with van der Waals surface area (Å²) in [5.41, 5.74) is 0.392. The van der Waals surface area contributed by atoms with Gasteiger partial charge in [0.25, 0.3) is 5.91 Å². The first-order valence-corrected chi connectivity index (χ1v) is 9.84. The second-order valence-electron chi connectivity index (χ2n) is 6.40. The number of anilines is 1. The van der Waals surface area contributed by atoms with Crippen LogP contribution < -0.4 is 4.90 Å². The van der Waals surface area contributed by atoms with E-state index in [-0.39, 0.29) is 10.5 Å². The monoisotopic (exact) mass is 424 g/mol. The zero-order chi connectivity index (χ0) is 21.1. The predicted molar refractivity (Wildman–Crippen MR) is 114 cm³/mol. The minimum atomic E-state index is -4.51. The van der Waals surface area contributed by atoms with E-state index in [1.54, 1.807) is 36.4 Å². The summed E-state index contributed by atoms with van der Waals surface area (Å²) in [5.74, 6) is -0.419. The van der Waals surface area contributed by atoms with Gasteiger partial charge in [0.2, 0.25) is 0 Å². The summed E-state index contributed by atoms with van der Waals surface area (Å²) < 4.78 is 40.1. The molecule has 0 atom stereocenters. The number of amides is 1. The van der Waals surface area contributed by atoms with Crippen LogP contribution in [0.5, 0.6) is 0 Å². The highest BCUT2D eigenvalue weighted by Crippen LogP contribution is 2.39. The SMILES string of the molecule is O=C1/C(=C\c2ccccc2C(F)(F)F)SC(=Nc2ccccc2)N1c1ccccc1. The van der Waals surface area contributed by atoms with Gasteiger partial charge >= 0.3 is 6.18 Å². The first kappa shape index (κ1) is 20.0. The fraction of sp³-hybridized carbons (Fsp3) is 0.0435. The molecule has 1 aliphatic heterocycles. The van der Waals surface area contributed by atoms with E-state index in [0.29, 0.717) is 16.5 Å². The summed E-state index contributed by atoms with van der Waals surface area (Å²) in [6, 6.07) is 23.2. The van der Waals surface area contributed by atoms with Crippen molar-refractivity contribution in [3.8, 4) is 0 Å². The lowest BCUT2D eigenvalue weighted by atomic mass is 10.1. The summed E-state index contributed by atoms with van der Waals surface area (Å²) in [4.78, 5) is 19.3. The number of benzene rings is 3. The highest BCUT2D eigenvalue weighted by atomic mass is 32.2. The second-order valence-corrected chi connectivity index (χ2v) is 7.41. The Bertz CT molecular complexity index is 1130. The van der Waals surface area contributed by atoms with Crippen molar-refractivity contribution in [3.63, 3.8) is 0 Å². The molecule has 1 aliphatic rings. The van der Waals surface area contributed by atoms with E-state index < -0.39 is 17.6 Å². The Morgan fingerprint density at radius 3 is 2.10 bits per heavy atom. The lowest BCUT2D eigenvalue weighted by Gasteiger charge is -2.15. The molecule has 1 heterocycles. The number of halogens is 3. The standard InChI is InChI=1S/C23H15F3N2OS/c24-23(25,26)19-14-8-7-9-16(19)15-20-21(29)28(18-12-5-2-6-13-18)22(30-20)27-17-10-3-1-4-11-17/h1-15H/b20-15+,27-22?. The predicted octanol–water partition coefficient (Wildman–Crippen LogP) is 6.51. The summed E-state index contributed by atoms with van der Waals surface area (Å²) in [6.07, 6.45) is -3.24. The summed E-state index contributed by atoms with van der Waals surface area (Å²) >= 11 is 1.05. The fourth-order valence-electron chi connectivity index (χ4n) is 2.99. The zero-order valence-electron chi connectivity index (χ0n) is 15.5. The normalized spacial score (nSPS) is 17.2. The molecule has 0 aromatic heterocycles. The largest absolute Gasteiger partial charge is 0.416 e. The number of para-hydroxylation sites is 2. The number of nitrogens with zero attached hydrogens (tertiary/aromatic N) is 2. The van der Waals surface area contributed by atoms with Gasteiger partial charge in [0.1, 0.15) is 0 Å². The van der Waals surface area contributed by atoms with Crippen LogP contribution in [0.1, 0.15) is 11.1 Å². The third-order valence-electron chi connectivity index (χ3n) is 4.35. The molecule has 0 N–H and O–H groups in total. The van der Waals surface area contributed by atoms with Crippen LogP contribution in [-0.2, 0) is 11.0 Å². The van der Waals surface area contributed by atoms with Gasteiger partial charge in [-0.15, -0.1) is 0 Å². The molecule has 1 amide bonds. The third-order valence-corrected chi connectivity index (χ3v) is 5.32. The number of aliphatic imine (C=N–C) groups is 1. The number of hydrogen-bond donors (Lipinski definition) is 0. The molecule has 0 radical (unpaired) electrons. The van der Waals surface area contributed by atoms with Crippen LogP contribution in [0.3, 0.4) is 0 Å². The van der Waals surface area contributed by atoms with Gasteiger partial charge < -0.3 is 0 Å². The van der Waals surface area contributed by atoms with Crippen molar-refractivity contribution >= 4 is 40.3 Å². The first-order valence-electron chi connectivity index (χ1n) is 9.02. The van der Waals surface area contributed by atoms with Crippen molar-refractivity contribution in [1.82, 2.24) is 0 Å². The third kappa shape index (κ3) is 4.16. The van der Waals surface area contributed by atoms with Crippen molar-refractivity contribution < 1.29 is 18.0 Å². The van der Waals surface area contributed by atoms with Gasteiger partial charge in [-0.2, -0.15) is 13.2 Å². The zero-order valence-corrected chi connectivity index (χ0v) is 16.3. The summed E-state index contributed by atoms with van der Waals surface area (Å²) in [6.45, 7) is 0. The Kier molecular flexibility index (Phi) is 5.46. The molecule has 0 unspecified atom stereocenters. The Labute approximate surface area is 175 Å². The van der Waals surface area contributed by atoms with Gasteiger partial charge in [-0.25, -0.2) is 4.99 Å². The maximum Gasteiger partial charge on any atom is 0.416 e. The maximum atomic E-state index is 13.4. The van der Waals surface area contributed by atoms with Crippen LogP contribution in [-0.4, -0.2) is 11.1 Å². The van der Waals surface area contributed by atoms with Gasteiger partial charge in [-0.05, 0) is 53.7 Å². The molecule has 0 saturated carbocycles. The maximum absolute atomic E-state index is 13.4. The van der Waals surface area contributed by atoms with Gasteiger partial charge in [-0.3, -0.25) is 9.69 Å². The van der Waals surface area contributed by atoms with Crippen LogP contribution in [0.25, 0.3) is 6.08 Å². The molecule has 1 fully saturated rings. The minimum Gasteiger partial charge on any atom is -0.268 e. The van der Waals surface area contributed by atoms with Gasteiger partial charge in [0.15, 0.2) is 5.17 Å². The molecule has 4 rings (SSSR count).